The van der Waals surface area contributed by atoms with Crippen molar-refractivity contribution in [3.63, 3.8) is 0 Å². The van der Waals surface area contributed by atoms with E-state index in [9.17, 15) is 23.5 Å². The molecule has 1 aromatic heterocycles. The van der Waals surface area contributed by atoms with Gasteiger partial charge in [0.1, 0.15) is 22.5 Å². The highest BCUT2D eigenvalue weighted by molar-refractivity contribution is 6.41. The molecule has 1 aliphatic heterocycles. The van der Waals surface area contributed by atoms with E-state index in [0.29, 0.717) is 25.5 Å². The molecule has 6 nitrogen and oxygen atoms in total. The van der Waals surface area contributed by atoms with Crippen LogP contribution in [0.15, 0.2) is 24.3 Å². The number of aromatic nitrogens is 1. The number of likely N-dealkylation sites (tertiary alicyclic amines) is 1. The van der Waals surface area contributed by atoms with Crippen LogP contribution in [-0.4, -0.2) is 45.9 Å². The molecule has 28 heavy (non-hydrogen) atoms. The Labute approximate surface area is 169 Å². The number of nitrogens with zero attached hydrogens (tertiary/aromatic N) is 1. The van der Waals surface area contributed by atoms with Gasteiger partial charge < -0.3 is 20.3 Å². The van der Waals surface area contributed by atoms with Gasteiger partial charge in [0.05, 0.1) is 5.02 Å². The van der Waals surface area contributed by atoms with Crippen LogP contribution in [0.4, 0.5) is 8.78 Å². The Hall–Kier alpha value is -2.16. The fourth-order valence-corrected chi connectivity index (χ4v) is 3.52. The third kappa shape index (κ3) is 4.45. The largest absolute Gasteiger partial charge is 0.378 e. The van der Waals surface area contributed by atoms with E-state index < -0.39 is 29.6 Å². The average Bonchev–Trinajstić information content (AvgIpc) is 3.24. The van der Waals surface area contributed by atoms with Gasteiger partial charge in [-0.05, 0) is 36.6 Å². The van der Waals surface area contributed by atoms with Crippen molar-refractivity contribution in [3.05, 3.63) is 57.3 Å². The Morgan fingerprint density at radius 3 is 2.54 bits per heavy atom. The molecular weight excluding hydrogens is 415 g/mol. The summed E-state index contributed by atoms with van der Waals surface area (Å²) in [6.07, 6.45) is -0.401. The van der Waals surface area contributed by atoms with Gasteiger partial charge >= 0.3 is 0 Å². The van der Waals surface area contributed by atoms with E-state index in [1.165, 1.54) is 11.0 Å². The van der Waals surface area contributed by atoms with E-state index in [1.807, 2.05) is 0 Å². The van der Waals surface area contributed by atoms with Gasteiger partial charge in [0.25, 0.3) is 11.8 Å². The van der Waals surface area contributed by atoms with Gasteiger partial charge in [-0.25, -0.2) is 8.78 Å². The summed E-state index contributed by atoms with van der Waals surface area (Å²) in [4.78, 5) is 28.8. The summed E-state index contributed by atoms with van der Waals surface area (Å²) in [5, 5.41) is 13.3. The maximum atomic E-state index is 13.4. The molecule has 0 bridgehead atoms. The van der Waals surface area contributed by atoms with E-state index in [1.54, 1.807) is 0 Å². The summed E-state index contributed by atoms with van der Waals surface area (Å²) < 4.78 is 26.7. The molecule has 0 radical (unpaired) electrons. The van der Waals surface area contributed by atoms with E-state index in [0.717, 1.165) is 12.1 Å². The van der Waals surface area contributed by atoms with Crippen LogP contribution in [-0.2, 0) is 4.79 Å². The standard InChI is InChI=1S/C18H17Cl2F2N3O3/c19-13-7-14(24-16(13)20)17(27)23-8-12-2-1-3-25(12)18(28)15(26)9-4-10(21)6-11(22)5-9/h4-7,12,15,24,26H,1-3,8H2,(H,23,27). The number of carbonyl (C=O) groups excluding carboxylic acids is 2. The van der Waals surface area contributed by atoms with Crippen LogP contribution in [0.5, 0.6) is 0 Å². The number of hydrogen-bond acceptors (Lipinski definition) is 3. The molecule has 3 N–H and O–H groups in total. The molecule has 1 saturated heterocycles. The number of aliphatic hydroxyl groups excluding tert-OH is 1. The van der Waals surface area contributed by atoms with Crippen molar-refractivity contribution in [2.45, 2.75) is 25.0 Å². The highest BCUT2D eigenvalue weighted by Gasteiger charge is 2.33. The molecule has 1 aromatic carbocycles. The van der Waals surface area contributed by atoms with Crippen molar-refractivity contribution >= 4 is 35.0 Å². The minimum absolute atomic E-state index is 0.142. The molecule has 3 rings (SSSR count). The number of aliphatic hydroxyl groups is 1. The summed E-state index contributed by atoms with van der Waals surface area (Å²) in [5.74, 6) is -2.88. The lowest BCUT2D eigenvalue weighted by Gasteiger charge is -2.27. The summed E-state index contributed by atoms with van der Waals surface area (Å²) in [6, 6.07) is 3.52. The molecular formula is C18H17Cl2F2N3O3. The number of aromatic amines is 1. The number of rotatable bonds is 5. The Morgan fingerprint density at radius 1 is 1.25 bits per heavy atom. The number of halogens is 4. The van der Waals surface area contributed by atoms with Crippen molar-refractivity contribution in [2.75, 3.05) is 13.1 Å². The second kappa shape index (κ2) is 8.46. The van der Waals surface area contributed by atoms with Crippen molar-refractivity contribution in [2.24, 2.45) is 0 Å². The first-order valence-corrected chi connectivity index (χ1v) is 9.28. The fraction of sp³-hybridized carbons (Fsp3) is 0.333. The van der Waals surface area contributed by atoms with Gasteiger partial charge in [0, 0.05) is 25.2 Å². The smallest absolute Gasteiger partial charge is 0.267 e. The van der Waals surface area contributed by atoms with Crippen LogP contribution in [0.2, 0.25) is 10.2 Å². The monoisotopic (exact) mass is 431 g/mol. The van der Waals surface area contributed by atoms with Crippen LogP contribution in [0.1, 0.15) is 35.0 Å². The number of benzene rings is 1. The van der Waals surface area contributed by atoms with Crippen LogP contribution < -0.4 is 5.32 Å². The maximum Gasteiger partial charge on any atom is 0.267 e. The molecule has 2 unspecified atom stereocenters. The first kappa shape index (κ1) is 20.6. The van der Waals surface area contributed by atoms with Gasteiger partial charge in [-0.15, -0.1) is 0 Å². The minimum Gasteiger partial charge on any atom is -0.378 e. The van der Waals surface area contributed by atoms with Crippen LogP contribution in [0, 0.1) is 11.6 Å². The molecule has 1 fully saturated rings. The van der Waals surface area contributed by atoms with Crippen LogP contribution >= 0.6 is 23.2 Å². The zero-order valence-electron chi connectivity index (χ0n) is 14.5. The second-order valence-corrected chi connectivity index (χ2v) is 7.27. The molecule has 0 saturated carbocycles. The topological polar surface area (TPSA) is 85.4 Å². The molecule has 0 aliphatic carbocycles. The first-order chi connectivity index (χ1) is 13.3. The lowest BCUT2D eigenvalue weighted by Crippen LogP contribution is -2.45. The molecule has 1 aliphatic rings. The highest BCUT2D eigenvalue weighted by atomic mass is 35.5. The van der Waals surface area contributed by atoms with Crippen molar-refractivity contribution in [1.82, 2.24) is 15.2 Å². The van der Waals surface area contributed by atoms with Gasteiger partial charge in [0.2, 0.25) is 0 Å². The van der Waals surface area contributed by atoms with Crippen molar-refractivity contribution in [1.29, 1.82) is 0 Å². The molecule has 2 amide bonds. The van der Waals surface area contributed by atoms with Crippen molar-refractivity contribution in [3.8, 4) is 0 Å². The molecule has 2 heterocycles. The predicted octanol–water partition coefficient (Wildman–Crippen LogP) is 3.05. The van der Waals surface area contributed by atoms with E-state index in [4.69, 9.17) is 23.2 Å². The zero-order valence-corrected chi connectivity index (χ0v) is 16.0. The first-order valence-electron chi connectivity index (χ1n) is 8.53. The van der Waals surface area contributed by atoms with Gasteiger partial charge in [-0.2, -0.15) is 0 Å². The Kier molecular flexibility index (Phi) is 6.22. The number of hydrogen-bond donors (Lipinski definition) is 3. The predicted molar refractivity (Wildman–Crippen MR) is 99.2 cm³/mol. The molecule has 0 spiro atoms. The molecule has 2 atom stereocenters. The number of carbonyl (C=O) groups is 2. The van der Waals surface area contributed by atoms with Crippen molar-refractivity contribution < 1.29 is 23.5 Å². The average molecular weight is 432 g/mol. The van der Waals surface area contributed by atoms with E-state index in [-0.39, 0.29) is 34.0 Å². The summed E-state index contributed by atoms with van der Waals surface area (Å²) >= 11 is 11.6. The number of nitrogens with one attached hydrogen (secondary N) is 2. The Balaban J connectivity index is 1.64. The highest BCUT2D eigenvalue weighted by Crippen LogP contribution is 2.25. The Bertz CT molecular complexity index is 866. The van der Waals surface area contributed by atoms with Gasteiger partial charge in [0.15, 0.2) is 6.10 Å². The lowest BCUT2D eigenvalue weighted by molar-refractivity contribution is -0.141. The van der Waals surface area contributed by atoms with E-state index >= 15 is 0 Å². The maximum absolute atomic E-state index is 13.4. The summed E-state index contributed by atoms with van der Waals surface area (Å²) in [6.45, 7) is 0.511. The normalized spacial score (nSPS) is 17.6. The van der Waals surface area contributed by atoms with Crippen LogP contribution in [0.25, 0.3) is 0 Å². The molecule has 10 heteroatoms. The Morgan fingerprint density at radius 2 is 1.93 bits per heavy atom. The molecule has 150 valence electrons. The van der Waals surface area contributed by atoms with Gasteiger partial charge in [-0.1, -0.05) is 23.2 Å². The quantitative estimate of drug-likeness (QED) is 0.679. The lowest BCUT2D eigenvalue weighted by atomic mass is 10.1. The summed E-state index contributed by atoms with van der Waals surface area (Å²) in [7, 11) is 0. The number of amides is 2. The zero-order chi connectivity index (χ0) is 20.4. The molecule has 2 aromatic rings. The number of H-pyrrole nitrogens is 1. The third-order valence-electron chi connectivity index (χ3n) is 4.56. The van der Waals surface area contributed by atoms with E-state index in [2.05, 4.69) is 10.3 Å². The van der Waals surface area contributed by atoms with Crippen LogP contribution in [0.3, 0.4) is 0 Å². The third-order valence-corrected chi connectivity index (χ3v) is 5.26. The fourth-order valence-electron chi connectivity index (χ4n) is 3.20. The second-order valence-electron chi connectivity index (χ2n) is 6.49. The summed E-state index contributed by atoms with van der Waals surface area (Å²) in [5.41, 5.74) is 0.0222. The minimum atomic E-state index is -1.69. The SMILES string of the molecule is O=C(NCC1CCCN1C(=O)C(O)c1cc(F)cc(F)c1)c1cc(Cl)c(Cl)[nH]1. The van der Waals surface area contributed by atoms with Gasteiger partial charge in [-0.3, -0.25) is 9.59 Å².